The molecule has 1 saturated carbocycles. The lowest BCUT2D eigenvalue weighted by Gasteiger charge is -2.22. The Morgan fingerprint density at radius 1 is 1.38 bits per heavy atom. The average molecular weight is 239 g/mol. The van der Waals surface area contributed by atoms with Gasteiger partial charge < -0.3 is 10.1 Å². The van der Waals surface area contributed by atoms with Crippen LogP contribution in [-0.4, -0.2) is 29.8 Å². The second-order valence-corrected chi connectivity index (χ2v) is 5.03. The molecule has 0 radical (unpaired) electrons. The number of alkyl halides is 3. The van der Waals surface area contributed by atoms with Crippen molar-refractivity contribution in [3.63, 3.8) is 0 Å². The molecule has 16 heavy (non-hydrogen) atoms. The van der Waals surface area contributed by atoms with Crippen molar-refractivity contribution in [2.45, 2.75) is 57.3 Å². The lowest BCUT2D eigenvalue weighted by atomic mass is 10.2. The van der Waals surface area contributed by atoms with E-state index in [-0.39, 0.29) is 0 Å². The molecule has 0 saturated heterocycles. The van der Waals surface area contributed by atoms with Crippen LogP contribution in [-0.2, 0) is 4.74 Å². The predicted molar refractivity (Wildman–Crippen MR) is 52.2 cm³/mol. The third-order valence-corrected chi connectivity index (χ3v) is 2.15. The molecule has 0 aromatic heterocycles. The number of ether oxygens (including phenoxy) is 1. The summed E-state index contributed by atoms with van der Waals surface area (Å²) in [4.78, 5) is 11.2. The second kappa shape index (κ2) is 4.14. The van der Waals surface area contributed by atoms with E-state index < -0.39 is 42.7 Å². The molecular formula is C10H16F3NO2. The van der Waals surface area contributed by atoms with E-state index in [0.717, 1.165) is 0 Å². The van der Waals surface area contributed by atoms with Gasteiger partial charge in [0.15, 0.2) is 0 Å². The summed E-state index contributed by atoms with van der Waals surface area (Å²) >= 11 is 0. The van der Waals surface area contributed by atoms with Crippen LogP contribution in [0.2, 0.25) is 0 Å². The molecule has 0 spiro atoms. The SMILES string of the molecule is CC(C)(C)OC(=O)NC1CC(F)(F)CC1F. The first-order valence-corrected chi connectivity index (χ1v) is 5.10. The van der Waals surface area contributed by atoms with Crippen molar-refractivity contribution in [3.8, 4) is 0 Å². The predicted octanol–water partition coefficient (Wildman–Crippen LogP) is 2.65. The maximum absolute atomic E-state index is 13.1. The van der Waals surface area contributed by atoms with Crippen molar-refractivity contribution in [3.05, 3.63) is 0 Å². The van der Waals surface area contributed by atoms with E-state index in [1.165, 1.54) is 0 Å². The maximum atomic E-state index is 13.1. The molecule has 0 heterocycles. The topological polar surface area (TPSA) is 38.3 Å². The highest BCUT2D eigenvalue weighted by atomic mass is 19.3. The number of amides is 1. The molecule has 2 atom stereocenters. The van der Waals surface area contributed by atoms with Gasteiger partial charge in [0.1, 0.15) is 11.8 Å². The standard InChI is InChI=1S/C10H16F3NO2/c1-9(2,3)16-8(15)14-7-5-10(12,13)4-6(7)11/h6-7H,4-5H2,1-3H3,(H,14,15). The van der Waals surface area contributed by atoms with Crippen LogP contribution in [0.3, 0.4) is 0 Å². The molecule has 94 valence electrons. The Kier molecular flexibility index (Phi) is 3.40. The molecule has 1 fully saturated rings. The average Bonchev–Trinajstić information content (AvgIpc) is 2.19. The van der Waals surface area contributed by atoms with Gasteiger partial charge in [0.25, 0.3) is 5.92 Å². The first-order chi connectivity index (χ1) is 7.09. The van der Waals surface area contributed by atoms with Gasteiger partial charge in [-0.1, -0.05) is 0 Å². The van der Waals surface area contributed by atoms with Gasteiger partial charge in [-0.25, -0.2) is 18.0 Å². The van der Waals surface area contributed by atoms with Crippen LogP contribution in [0.15, 0.2) is 0 Å². The molecule has 0 aromatic rings. The van der Waals surface area contributed by atoms with E-state index in [1.807, 2.05) is 0 Å². The Hall–Kier alpha value is -0.940. The van der Waals surface area contributed by atoms with Crippen LogP contribution in [0.5, 0.6) is 0 Å². The normalized spacial score (nSPS) is 28.9. The van der Waals surface area contributed by atoms with Gasteiger partial charge in [0, 0.05) is 12.8 Å². The van der Waals surface area contributed by atoms with Crippen LogP contribution in [0.4, 0.5) is 18.0 Å². The van der Waals surface area contributed by atoms with Crippen molar-refractivity contribution in [1.82, 2.24) is 5.32 Å². The van der Waals surface area contributed by atoms with Crippen molar-refractivity contribution < 1.29 is 22.7 Å². The molecule has 0 bridgehead atoms. The molecule has 3 nitrogen and oxygen atoms in total. The summed E-state index contributed by atoms with van der Waals surface area (Å²) in [6, 6.07) is -1.16. The zero-order chi connectivity index (χ0) is 12.6. The quantitative estimate of drug-likeness (QED) is 0.764. The van der Waals surface area contributed by atoms with E-state index >= 15 is 0 Å². The highest BCUT2D eigenvalue weighted by Crippen LogP contribution is 2.36. The zero-order valence-electron chi connectivity index (χ0n) is 9.52. The van der Waals surface area contributed by atoms with Gasteiger partial charge in [-0.3, -0.25) is 0 Å². The Bertz CT molecular complexity index is 276. The van der Waals surface area contributed by atoms with Crippen LogP contribution < -0.4 is 5.32 Å². The smallest absolute Gasteiger partial charge is 0.407 e. The number of carbonyl (C=O) groups is 1. The summed E-state index contributed by atoms with van der Waals surface area (Å²) in [5.41, 5.74) is -0.725. The molecule has 1 aliphatic rings. The van der Waals surface area contributed by atoms with Crippen molar-refractivity contribution >= 4 is 6.09 Å². The first-order valence-electron chi connectivity index (χ1n) is 5.10. The maximum Gasteiger partial charge on any atom is 0.407 e. The van der Waals surface area contributed by atoms with Gasteiger partial charge in [0.05, 0.1) is 6.04 Å². The van der Waals surface area contributed by atoms with Gasteiger partial charge in [-0.05, 0) is 20.8 Å². The Morgan fingerprint density at radius 2 is 1.94 bits per heavy atom. The largest absolute Gasteiger partial charge is 0.444 e. The molecule has 1 amide bonds. The molecule has 1 aliphatic carbocycles. The fourth-order valence-electron chi connectivity index (χ4n) is 1.56. The third kappa shape index (κ3) is 3.90. The highest BCUT2D eigenvalue weighted by molar-refractivity contribution is 5.68. The van der Waals surface area contributed by atoms with E-state index in [9.17, 15) is 18.0 Å². The summed E-state index contributed by atoms with van der Waals surface area (Å²) in [6.07, 6.45) is -4.10. The van der Waals surface area contributed by atoms with E-state index in [2.05, 4.69) is 5.32 Å². The Balaban J connectivity index is 2.47. The first kappa shape index (κ1) is 13.1. The van der Waals surface area contributed by atoms with Crippen LogP contribution in [0, 0.1) is 0 Å². The molecule has 6 heteroatoms. The lowest BCUT2D eigenvalue weighted by molar-refractivity contribution is 0.00194. The molecule has 1 rings (SSSR count). The van der Waals surface area contributed by atoms with Crippen molar-refractivity contribution in [2.75, 3.05) is 0 Å². The van der Waals surface area contributed by atoms with Crippen molar-refractivity contribution in [2.24, 2.45) is 0 Å². The van der Waals surface area contributed by atoms with Gasteiger partial charge in [-0.15, -0.1) is 0 Å². The van der Waals surface area contributed by atoms with Gasteiger partial charge >= 0.3 is 6.09 Å². The summed E-state index contributed by atoms with van der Waals surface area (Å²) in [5.74, 6) is -3.04. The minimum Gasteiger partial charge on any atom is -0.444 e. The van der Waals surface area contributed by atoms with Crippen LogP contribution >= 0.6 is 0 Å². The third-order valence-electron chi connectivity index (χ3n) is 2.15. The van der Waals surface area contributed by atoms with E-state index in [1.54, 1.807) is 20.8 Å². The highest BCUT2D eigenvalue weighted by Gasteiger charge is 2.47. The lowest BCUT2D eigenvalue weighted by Crippen LogP contribution is -2.41. The van der Waals surface area contributed by atoms with E-state index in [0.29, 0.717) is 0 Å². The van der Waals surface area contributed by atoms with Crippen LogP contribution in [0.25, 0.3) is 0 Å². The minimum atomic E-state index is -3.04. The molecule has 2 unspecified atom stereocenters. The molecule has 0 aliphatic heterocycles. The summed E-state index contributed by atoms with van der Waals surface area (Å²) < 4.78 is 43.6. The van der Waals surface area contributed by atoms with E-state index in [4.69, 9.17) is 4.74 Å². The van der Waals surface area contributed by atoms with Gasteiger partial charge in [0.2, 0.25) is 0 Å². The zero-order valence-corrected chi connectivity index (χ0v) is 9.52. The number of carbonyl (C=O) groups excluding carboxylic acids is 1. The molecule has 0 aromatic carbocycles. The number of rotatable bonds is 1. The van der Waals surface area contributed by atoms with Crippen molar-refractivity contribution in [1.29, 1.82) is 0 Å². The monoisotopic (exact) mass is 239 g/mol. The Labute approximate surface area is 92.3 Å². The summed E-state index contributed by atoms with van der Waals surface area (Å²) in [6.45, 7) is 4.92. The second-order valence-electron chi connectivity index (χ2n) is 5.03. The number of hydrogen-bond acceptors (Lipinski definition) is 2. The molecule has 1 N–H and O–H groups in total. The molecular weight excluding hydrogens is 223 g/mol. The number of halogens is 3. The summed E-state index contributed by atoms with van der Waals surface area (Å²) in [7, 11) is 0. The summed E-state index contributed by atoms with van der Waals surface area (Å²) in [5, 5.41) is 2.12. The fraction of sp³-hybridized carbons (Fsp3) is 0.900. The van der Waals surface area contributed by atoms with Gasteiger partial charge in [-0.2, -0.15) is 0 Å². The minimum absolute atomic E-state index is 0.673. The Morgan fingerprint density at radius 3 is 2.31 bits per heavy atom. The number of hydrogen-bond donors (Lipinski definition) is 1. The number of nitrogens with one attached hydrogen (secondary N) is 1. The fourth-order valence-corrected chi connectivity index (χ4v) is 1.56. The van der Waals surface area contributed by atoms with Crippen LogP contribution in [0.1, 0.15) is 33.6 Å². The number of alkyl carbamates (subject to hydrolysis) is 1.